The van der Waals surface area contributed by atoms with Gasteiger partial charge in [0.15, 0.2) is 0 Å². The molecule has 0 saturated heterocycles. The molecule has 1 aromatic rings. The molecule has 0 radical (unpaired) electrons. The molecule has 0 aliphatic heterocycles. The van der Waals surface area contributed by atoms with E-state index in [1.807, 2.05) is 0 Å². The van der Waals surface area contributed by atoms with Gasteiger partial charge in [0.25, 0.3) is 0 Å². The molecular weight excluding hydrogens is 174 g/mol. The van der Waals surface area contributed by atoms with Gasteiger partial charge in [-0.15, -0.1) is 0 Å². The molecule has 1 rings (SSSR count). The van der Waals surface area contributed by atoms with Crippen molar-refractivity contribution in [3.63, 3.8) is 0 Å². The molecule has 0 spiro atoms. The third-order valence-electron chi connectivity index (χ3n) is 2.67. The number of aryl methyl sites for hydroxylation is 2. The molecule has 80 valence electrons. The zero-order valence-electron chi connectivity index (χ0n) is 9.82. The Labute approximate surface area is 87.0 Å². The van der Waals surface area contributed by atoms with Crippen LogP contribution in [0.4, 0.5) is 5.95 Å². The van der Waals surface area contributed by atoms with Crippen molar-refractivity contribution in [1.29, 1.82) is 0 Å². The molecule has 0 N–H and O–H groups in total. The Balaban J connectivity index is 3.06. The van der Waals surface area contributed by atoms with Crippen LogP contribution in [0.25, 0.3) is 0 Å². The van der Waals surface area contributed by atoms with Crippen LogP contribution in [-0.2, 0) is 13.1 Å². The van der Waals surface area contributed by atoms with Gasteiger partial charge in [-0.2, -0.15) is 0 Å². The predicted octanol–water partition coefficient (Wildman–Crippen LogP) is 1.66. The fraction of sp³-hybridized carbons (Fsp3) is 0.727. The monoisotopic (exact) mass is 196 g/mol. The summed E-state index contributed by atoms with van der Waals surface area (Å²) in [6.45, 7) is 13.0. The van der Waals surface area contributed by atoms with Gasteiger partial charge in [0.1, 0.15) is 0 Å². The average molecular weight is 196 g/mol. The van der Waals surface area contributed by atoms with E-state index in [4.69, 9.17) is 0 Å². The summed E-state index contributed by atoms with van der Waals surface area (Å²) < 4.78 is 4.60. The lowest BCUT2D eigenvalue weighted by Crippen LogP contribution is -2.41. The number of rotatable bonds is 5. The van der Waals surface area contributed by atoms with Crippen LogP contribution in [0.3, 0.4) is 0 Å². The molecule has 0 bridgehead atoms. The molecule has 1 aromatic heterocycles. The van der Waals surface area contributed by atoms with Gasteiger partial charge in [0, 0.05) is 0 Å². The van der Waals surface area contributed by atoms with Crippen LogP contribution in [0.1, 0.15) is 27.7 Å². The van der Waals surface area contributed by atoms with Crippen molar-refractivity contribution in [2.75, 3.05) is 18.0 Å². The van der Waals surface area contributed by atoms with E-state index in [-0.39, 0.29) is 0 Å². The molecule has 0 aliphatic rings. The summed E-state index contributed by atoms with van der Waals surface area (Å²) >= 11 is 0. The number of hydrogen-bond acceptors (Lipinski definition) is 1. The van der Waals surface area contributed by atoms with Crippen LogP contribution in [0, 0.1) is 0 Å². The number of hydrogen-bond donors (Lipinski definition) is 0. The largest absolute Gasteiger partial charge is 0.359 e. The maximum atomic E-state index is 2.40. The van der Waals surface area contributed by atoms with Crippen LogP contribution in [0.2, 0.25) is 0 Å². The van der Waals surface area contributed by atoms with Gasteiger partial charge in [0.2, 0.25) is 0 Å². The van der Waals surface area contributed by atoms with E-state index in [9.17, 15) is 0 Å². The first-order valence-corrected chi connectivity index (χ1v) is 5.61. The second-order valence-electron chi connectivity index (χ2n) is 3.34. The van der Waals surface area contributed by atoms with Crippen LogP contribution in [0.5, 0.6) is 0 Å². The van der Waals surface area contributed by atoms with Crippen LogP contribution in [-0.4, -0.2) is 17.7 Å². The van der Waals surface area contributed by atoms with E-state index in [1.165, 1.54) is 5.95 Å². The summed E-state index contributed by atoms with van der Waals surface area (Å²) in [7, 11) is 0. The lowest BCUT2D eigenvalue weighted by molar-refractivity contribution is -0.680. The van der Waals surface area contributed by atoms with E-state index in [2.05, 4.69) is 54.1 Å². The van der Waals surface area contributed by atoms with Crippen molar-refractivity contribution in [3.8, 4) is 0 Å². The molecule has 0 aromatic carbocycles. The minimum absolute atomic E-state index is 1.04. The van der Waals surface area contributed by atoms with Gasteiger partial charge in [-0.05, 0) is 27.7 Å². The molecule has 0 atom stereocenters. The topological polar surface area (TPSA) is 12.1 Å². The first kappa shape index (κ1) is 11.1. The molecule has 3 heteroatoms. The van der Waals surface area contributed by atoms with E-state index >= 15 is 0 Å². The fourth-order valence-electron chi connectivity index (χ4n) is 1.82. The minimum atomic E-state index is 1.04. The van der Waals surface area contributed by atoms with Crippen molar-refractivity contribution in [2.45, 2.75) is 40.8 Å². The molecule has 3 nitrogen and oxygen atoms in total. The minimum Gasteiger partial charge on any atom is -0.265 e. The van der Waals surface area contributed by atoms with E-state index < -0.39 is 0 Å². The maximum absolute atomic E-state index is 2.40. The molecule has 1 heterocycles. The lowest BCUT2D eigenvalue weighted by atomic mass is 10.5. The Morgan fingerprint density at radius 3 is 2.29 bits per heavy atom. The first-order valence-electron chi connectivity index (χ1n) is 5.61. The molecule has 0 saturated carbocycles. The Morgan fingerprint density at radius 2 is 1.86 bits per heavy atom. The maximum Gasteiger partial charge on any atom is 0.359 e. The summed E-state index contributed by atoms with van der Waals surface area (Å²) in [5, 5.41) is 0. The van der Waals surface area contributed by atoms with Gasteiger partial charge < -0.3 is 0 Å². The van der Waals surface area contributed by atoms with Gasteiger partial charge in [-0.25, -0.2) is 9.13 Å². The van der Waals surface area contributed by atoms with E-state index in [1.54, 1.807) is 0 Å². The number of imidazole rings is 1. The standard InChI is InChI=1S/C11H22N3/c1-5-12(6-2)11-13(7-3)9-10-14(11)8-4/h9-10H,5-8H2,1-4H3/q+1. The number of nitrogens with zero attached hydrogens (tertiary/aromatic N) is 3. The highest BCUT2D eigenvalue weighted by Crippen LogP contribution is 2.08. The van der Waals surface area contributed by atoms with Crippen molar-refractivity contribution in [2.24, 2.45) is 0 Å². The summed E-state index contributed by atoms with van der Waals surface area (Å²) in [4.78, 5) is 2.40. The highest BCUT2D eigenvalue weighted by molar-refractivity contribution is 5.24. The third kappa shape index (κ3) is 1.91. The van der Waals surface area contributed by atoms with E-state index in [0.717, 1.165) is 26.2 Å². The Morgan fingerprint density at radius 1 is 1.21 bits per heavy atom. The van der Waals surface area contributed by atoms with Crippen molar-refractivity contribution in [3.05, 3.63) is 12.4 Å². The number of anilines is 1. The highest BCUT2D eigenvalue weighted by Gasteiger charge is 2.19. The fourth-order valence-corrected chi connectivity index (χ4v) is 1.82. The normalized spacial score (nSPS) is 10.6. The average Bonchev–Trinajstić information content (AvgIpc) is 2.63. The Kier molecular flexibility index (Phi) is 3.98. The van der Waals surface area contributed by atoms with Crippen LogP contribution < -0.4 is 9.47 Å². The van der Waals surface area contributed by atoms with Gasteiger partial charge in [-0.1, -0.05) is 0 Å². The lowest BCUT2D eigenvalue weighted by Gasteiger charge is -2.15. The van der Waals surface area contributed by atoms with Gasteiger partial charge >= 0.3 is 5.95 Å². The van der Waals surface area contributed by atoms with Crippen LogP contribution in [0.15, 0.2) is 12.4 Å². The second-order valence-corrected chi connectivity index (χ2v) is 3.34. The molecule has 14 heavy (non-hydrogen) atoms. The van der Waals surface area contributed by atoms with Gasteiger partial charge in [-0.3, -0.25) is 4.90 Å². The summed E-state index contributed by atoms with van der Waals surface area (Å²) in [6.07, 6.45) is 4.33. The molecular formula is C11H22N3+. The van der Waals surface area contributed by atoms with Gasteiger partial charge in [0.05, 0.1) is 38.6 Å². The molecule has 0 unspecified atom stereocenters. The molecule has 0 amide bonds. The quantitative estimate of drug-likeness (QED) is 0.652. The van der Waals surface area contributed by atoms with Crippen molar-refractivity contribution >= 4 is 5.95 Å². The predicted molar refractivity (Wildman–Crippen MR) is 59.5 cm³/mol. The number of aromatic nitrogens is 2. The summed E-state index contributed by atoms with van der Waals surface area (Å²) in [6, 6.07) is 0. The van der Waals surface area contributed by atoms with Crippen molar-refractivity contribution < 1.29 is 4.57 Å². The molecule has 0 fully saturated rings. The SMILES string of the molecule is CCN(CC)c1n(CC)cc[n+]1CC. The summed E-state index contributed by atoms with van der Waals surface area (Å²) in [5.41, 5.74) is 0. The zero-order chi connectivity index (χ0) is 10.6. The Bertz CT molecular complexity index is 253. The Hall–Kier alpha value is -0.990. The third-order valence-corrected chi connectivity index (χ3v) is 2.67. The van der Waals surface area contributed by atoms with E-state index in [0.29, 0.717) is 0 Å². The summed E-state index contributed by atoms with van der Waals surface area (Å²) in [5.74, 6) is 1.33. The highest BCUT2D eigenvalue weighted by atomic mass is 15.3. The van der Waals surface area contributed by atoms with Crippen molar-refractivity contribution in [1.82, 2.24) is 4.57 Å². The van der Waals surface area contributed by atoms with Crippen LogP contribution >= 0.6 is 0 Å². The smallest absolute Gasteiger partial charge is 0.265 e. The molecule has 0 aliphatic carbocycles. The first-order chi connectivity index (χ1) is 6.78. The zero-order valence-corrected chi connectivity index (χ0v) is 9.82. The second kappa shape index (κ2) is 5.03.